The van der Waals surface area contributed by atoms with Gasteiger partial charge in [0.05, 0.1) is 5.03 Å². The molecule has 0 atom stereocenters. The predicted molar refractivity (Wildman–Crippen MR) is 62.1 cm³/mol. The maximum Gasteiger partial charge on any atom is 0.0522 e. The number of hydrogen-bond donors (Lipinski definition) is 2. The van der Waals surface area contributed by atoms with Crippen molar-refractivity contribution in [3.8, 4) is 0 Å². The fourth-order valence-electron chi connectivity index (χ4n) is 1.78. The van der Waals surface area contributed by atoms with E-state index in [9.17, 15) is 0 Å². The summed E-state index contributed by atoms with van der Waals surface area (Å²) in [6.45, 7) is 0. The van der Waals surface area contributed by atoms with E-state index in [4.69, 9.17) is 0 Å². The first kappa shape index (κ1) is 8.95. The summed E-state index contributed by atoms with van der Waals surface area (Å²) in [7, 11) is 0.141. The smallest absolute Gasteiger partial charge is 0.0522 e. The molecule has 0 aromatic rings. The van der Waals surface area contributed by atoms with Crippen LogP contribution in [0.4, 0.5) is 0 Å². The molecule has 0 spiro atoms. The molecule has 2 aliphatic heterocycles. The lowest BCUT2D eigenvalue weighted by atomic mass is 10.3. The molecular weight excluding hydrogens is 178 g/mol. The highest BCUT2D eigenvalue weighted by molar-refractivity contribution is 8.20. The summed E-state index contributed by atoms with van der Waals surface area (Å²) < 4.78 is 0. The SMILES string of the molecule is C1=CC=C([SH]2CCCCC2)NC=C1. The quantitative estimate of drug-likeness (QED) is 0.613. The van der Waals surface area contributed by atoms with Crippen molar-refractivity contribution in [2.24, 2.45) is 0 Å². The van der Waals surface area contributed by atoms with Crippen molar-refractivity contribution in [1.29, 1.82) is 0 Å². The van der Waals surface area contributed by atoms with E-state index >= 15 is 0 Å². The average Bonchev–Trinajstić information content (AvgIpc) is 2.47. The van der Waals surface area contributed by atoms with Crippen LogP contribution in [0.3, 0.4) is 0 Å². The first-order chi connectivity index (χ1) is 6.47. The van der Waals surface area contributed by atoms with E-state index in [-0.39, 0.29) is 10.9 Å². The fraction of sp³-hybridized carbons (Fsp3) is 0.455. The van der Waals surface area contributed by atoms with Gasteiger partial charge in [-0.15, -0.1) is 0 Å². The molecular formula is C11H17NS. The Morgan fingerprint density at radius 2 is 1.85 bits per heavy atom. The molecule has 0 unspecified atom stereocenters. The van der Waals surface area contributed by atoms with Gasteiger partial charge in [-0.05, 0) is 36.5 Å². The Hall–Kier alpha value is -0.630. The second kappa shape index (κ2) is 4.56. The lowest BCUT2D eigenvalue weighted by Crippen LogP contribution is -2.12. The van der Waals surface area contributed by atoms with Gasteiger partial charge < -0.3 is 5.32 Å². The van der Waals surface area contributed by atoms with E-state index < -0.39 is 0 Å². The molecule has 2 aliphatic rings. The van der Waals surface area contributed by atoms with Crippen molar-refractivity contribution >= 4 is 10.9 Å². The summed E-state index contributed by atoms with van der Waals surface area (Å²) in [5.74, 6) is 2.85. The van der Waals surface area contributed by atoms with E-state index in [1.807, 2.05) is 6.20 Å². The molecule has 0 radical (unpaired) electrons. The largest absolute Gasteiger partial charge is 0.358 e. The summed E-state index contributed by atoms with van der Waals surface area (Å²) in [4.78, 5) is 0. The van der Waals surface area contributed by atoms with Crippen molar-refractivity contribution in [2.45, 2.75) is 19.3 Å². The molecule has 0 aromatic heterocycles. The zero-order valence-electron chi connectivity index (χ0n) is 7.87. The predicted octanol–water partition coefficient (Wildman–Crippen LogP) is 2.69. The van der Waals surface area contributed by atoms with Crippen LogP contribution >= 0.6 is 10.9 Å². The molecule has 0 saturated carbocycles. The van der Waals surface area contributed by atoms with Gasteiger partial charge in [0.25, 0.3) is 0 Å². The van der Waals surface area contributed by atoms with Gasteiger partial charge in [-0.2, -0.15) is 0 Å². The molecule has 1 fully saturated rings. The molecule has 0 amide bonds. The fourth-order valence-corrected chi connectivity index (χ4v) is 4.25. The first-order valence-corrected chi connectivity index (χ1v) is 6.73. The third-order valence-electron chi connectivity index (χ3n) is 2.50. The molecule has 72 valence electrons. The Labute approximate surface area is 82.9 Å². The summed E-state index contributed by atoms with van der Waals surface area (Å²) in [6.07, 6.45) is 14.9. The molecule has 1 saturated heterocycles. The van der Waals surface area contributed by atoms with Crippen molar-refractivity contribution in [3.05, 3.63) is 35.5 Å². The minimum absolute atomic E-state index is 0.141. The van der Waals surface area contributed by atoms with Crippen LogP contribution in [-0.2, 0) is 0 Å². The van der Waals surface area contributed by atoms with Crippen molar-refractivity contribution < 1.29 is 0 Å². The second-order valence-corrected chi connectivity index (χ2v) is 5.94. The summed E-state index contributed by atoms with van der Waals surface area (Å²) in [6, 6.07) is 0. The normalized spacial score (nSPS) is 24.9. The Bertz CT molecular complexity index is 247. The van der Waals surface area contributed by atoms with Crippen LogP contribution in [0.5, 0.6) is 0 Å². The van der Waals surface area contributed by atoms with Crippen LogP contribution in [0.15, 0.2) is 35.5 Å². The molecule has 13 heavy (non-hydrogen) atoms. The zero-order chi connectivity index (χ0) is 8.93. The minimum atomic E-state index is 0.141. The summed E-state index contributed by atoms with van der Waals surface area (Å²) >= 11 is 0. The van der Waals surface area contributed by atoms with Crippen molar-refractivity contribution in [3.63, 3.8) is 0 Å². The van der Waals surface area contributed by atoms with Gasteiger partial charge in [0.2, 0.25) is 0 Å². The summed E-state index contributed by atoms with van der Waals surface area (Å²) in [5, 5.41) is 4.87. The Balaban J connectivity index is 2.01. The monoisotopic (exact) mass is 195 g/mol. The maximum absolute atomic E-state index is 3.40. The topological polar surface area (TPSA) is 12.0 Å². The molecule has 2 rings (SSSR count). The molecule has 2 heteroatoms. The molecule has 0 bridgehead atoms. The van der Waals surface area contributed by atoms with E-state index in [1.165, 1.54) is 35.8 Å². The van der Waals surface area contributed by atoms with Gasteiger partial charge in [-0.1, -0.05) is 18.6 Å². The molecule has 0 aliphatic carbocycles. The molecule has 0 aromatic carbocycles. The number of hydrogen-bond acceptors (Lipinski definition) is 1. The zero-order valence-corrected chi connectivity index (χ0v) is 8.76. The van der Waals surface area contributed by atoms with E-state index in [1.54, 1.807) is 0 Å². The Kier molecular flexibility index (Phi) is 3.14. The van der Waals surface area contributed by atoms with E-state index in [2.05, 4.69) is 29.6 Å². The average molecular weight is 195 g/mol. The van der Waals surface area contributed by atoms with Gasteiger partial charge in [0, 0.05) is 6.20 Å². The summed E-state index contributed by atoms with van der Waals surface area (Å²) in [5.41, 5.74) is 0. The van der Waals surface area contributed by atoms with Gasteiger partial charge in [0.1, 0.15) is 0 Å². The molecule has 1 N–H and O–H groups in total. The maximum atomic E-state index is 3.40. The Morgan fingerprint density at radius 3 is 2.69 bits per heavy atom. The third-order valence-corrected chi connectivity index (χ3v) is 5.17. The highest BCUT2D eigenvalue weighted by Crippen LogP contribution is 2.39. The second-order valence-electron chi connectivity index (χ2n) is 3.49. The van der Waals surface area contributed by atoms with Gasteiger partial charge in [-0.3, -0.25) is 0 Å². The van der Waals surface area contributed by atoms with E-state index in [0.29, 0.717) is 0 Å². The third kappa shape index (κ3) is 2.41. The van der Waals surface area contributed by atoms with Crippen molar-refractivity contribution in [1.82, 2.24) is 5.32 Å². The van der Waals surface area contributed by atoms with Crippen LogP contribution in [0.1, 0.15) is 19.3 Å². The number of allylic oxidation sites excluding steroid dienone is 4. The van der Waals surface area contributed by atoms with Crippen molar-refractivity contribution in [2.75, 3.05) is 11.5 Å². The molecule has 2 heterocycles. The minimum Gasteiger partial charge on any atom is -0.358 e. The van der Waals surface area contributed by atoms with Crippen LogP contribution < -0.4 is 5.32 Å². The van der Waals surface area contributed by atoms with E-state index in [0.717, 1.165) is 0 Å². The lowest BCUT2D eigenvalue weighted by molar-refractivity contribution is 0.759. The number of thiol groups is 1. The highest BCUT2D eigenvalue weighted by Gasteiger charge is 2.12. The van der Waals surface area contributed by atoms with Crippen LogP contribution in [0.2, 0.25) is 0 Å². The number of nitrogens with one attached hydrogen (secondary N) is 1. The lowest BCUT2D eigenvalue weighted by Gasteiger charge is -2.28. The standard InChI is InChI=1S/C11H17NS/c1-3-7-11(12-8-4-1)13-9-5-2-6-10-13/h1,3-4,7-8,12-13H,2,5-6,9-10H2. The first-order valence-electron chi connectivity index (χ1n) is 5.02. The Morgan fingerprint density at radius 1 is 1.00 bits per heavy atom. The van der Waals surface area contributed by atoms with Crippen LogP contribution in [0, 0.1) is 0 Å². The van der Waals surface area contributed by atoms with Crippen LogP contribution in [0.25, 0.3) is 0 Å². The number of rotatable bonds is 1. The van der Waals surface area contributed by atoms with Crippen LogP contribution in [-0.4, -0.2) is 11.5 Å². The van der Waals surface area contributed by atoms with Gasteiger partial charge in [0.15, 0.2) is 0 Å². The van der Waals surface area contributed by atoms with Gasteiger partial charge in [-0.25, -0.2) is 10.9 Å². The molecule has 1 nitrogen and oxygen atoms in total. The van der Waals surface area contributed by atoms with Gasteiger partial charge >= 0.3 is 0 Å². The highest BCUT2D eigenvalue weighted by atomic mass is 32.2.